The quantitative estimate of drug-likeness (QED) is 0.608. The maximum atomic E-state index is 13.4. The minimum Gasteiger partial charge on any atom is -0.468 e. The fraction of sp³-hybridized carbons (Fsp3) is 0.368. The Morgan fingerprint density at radius 3 is 2.59 bits per heavy atom. The molecule has 10 heteroatoms. The first kappa shape index (κ1) is 18.9. The van der Waals surface area contributed by atoms with Gasteiger partial charge >= 0.3 is 11.7 Å². The molecule has 0 unspecified atom stereocenters. The van der Waals surface area contributed by atoms with Crippen molar-refractivity contribution in [3.63, 3.8) is 0 Å². The second kappa shape index (κ2) is 6.87. The van der Waals surface area contributed by atoms with Gasteiger partial charge in [-0.3, -0.25) is 14.2 Å². The number of imidazole rings is 1. The van der Waals surface area contributed by atoms with Crippen molar-refractivity contribution in [3.05, 3.63) is 50.9 Å². The van der Waals surface area contributed by atoms with Crippen molar-refractivity contribution < 1.29 is 13.9 Å². The van der Waals surface area contributed by atoms with Gasteiger partial charge < -0.3 is 14.2 Å². The molecule has 0 N–H and O–H groups in total. The average molecular weight is 401 g/mol. The first-order chi connectivity index (χ1) is 13.8. The Morgan fingerprint density at radius 2 is 1.93 bits per heavy atom. The molecule has 3 heterocycles. The summed E-state index contributed by atoms with van der Waals surface area (Å²) in [7, 11) is 2.70. The molecule has 0 fully saturated rings. The Bertz CT molecular complexity index is 1220. The van der Waals surface area contributed by atoms with Crippen LogP contribution in [0.3, 0.4) is 0 Å². The number of hydrogen-bond donors (Lipinski definition) is 0. The summed E-state index contributed by atoms with van der Waals surface area (Å²) in [5.74, 6) is -0.382. The minimum atomic E-state index is -0.691. The standard InChI is InChI=1S/C19H20FN5O4/c1-11-8-23(13-6-4-12(20)5-7-13)18-21-16-15(24(18)9-11)17(27)25(10-14(26)29-3)19(28)22(16)2/h4-7,11H,8-10H2,1-3H3/t11-/m0/s1. The highest BCUT2D eigenvalue weighted by atomic mass is 19.1. The van der Waals surface area contributed by atoms with Crippen LogP contribution in [0.4, 0.5) is 16.0 Å². The highest BCUT2D eigenvalue weighted by molar-refractivity contribution is 5.77. The predicted octanol–water partition coefficient (Wildman–Crippen LogP) is 0.997. The van der Waals surface area contributed by atoms with Gasteiger partial charge in [-0.25, -0.2) is 13.8 Å². The lowest BCUT2D eigenvalue weighted by molar-refractivity contribution is -0.141. The van der Waals surface area contributed by atoms with E-state index in [1.54, 1.807) is 16.7 Å². The molecule has 1 atom stereocenters. The third kappa shape index (κ3) is 3.00. The Kier molecular flexibility index (Phi) is 4.48. The van der Waals surface area contributed by atoms with Crippen molar-refractivity contribution in [1.29, 1.82) is 0 Å². The topological polar surface area (TPSA) is 91.4 Å². The van der Waals surface area contributed by atoms with E-state index in [0.717, 1.165) is 10.3 Å². The van der Waals surface area contributed by atoms with Crippen molar-refractivity contribution in [2.45, 2.75) is 20.0 Å². The number of hydrogen-bond acceptors (Lipinski definition) is 6. The fourth-order valence-electron chi connectivity index (χ4n) is 3.68. The fourth-order valence-corrected chi connectivity index (χ4v) is 3.68. The number of nitrogens with zero attached hydrogens (tertiary/aromatic N) is 5. The molecule has 29 heavy (non-hydrogen) atoms. The number of halogens is 1. The number of aryl methyl sites for hydroxylation is 1. The number of rotatable bonds is 3. The summed E-state index contributed by atoms with van der Waals surface area (Å²) in [4.78, 5) is 43.9. The highest BCUT2D eigenvalue weighted by Gasteiger charge is 2.30. The van der Waals surface area contributed by atoms with Crippen molar-refractivity contribution in [3.8, 4) is 0 Å². The van der Waals surface area contributed by atoms with Crippen LogP contribution in [0.2, 0.25) is 0 Å². The van der Waals surface area contributed by atoms with E-state index in [1.807, 2.05) is 11.8 Å². The van der Waals surface area contributed by atoms with Crippen LogP contribution in [0.25, 0.3) is 11.2 Å². The third-order valence-corrected chi connectivity index (χ3v) is 5.10. The van der Waals surface area contributed by atoms with Crippen LogP contribution in [-0.2, 0) is 29.7 Å². The second-order valence-electron chi connectivity index (χ2n) is 7.20. The molecular weight excluding hydrogens is 381 g/mol. The van der Waals surface area contributed by atoms with Gasteiger partial charge in [0, 0.05) is 25.8 Å². The maximum absolute atomic E-state index is 13.4. The number of anilines is 2. The lowest BCUT2D eigenvalue weighted by atomic mass is 10.1. The number of methoxy groups -OCH3 is 1. The number of esters is 1. The van der Waals surface area contributed by atoms with E-state index in [4.69, 9.17) is 0 Å². The van der Waals surface area contributed by atoms with Crippen LogP contribution in [0.15, 0.2) is 33.9 Å². The van der Waals surface area contributed by atoms with E-state index in [9.17, 15) is 18.8 Å². The summed E-state index contributed by atoms with van der Waals surface area (Å²) < 4.78 is 21.8. The van der Waals surface area contributed by atoms with E-state index in [-0.39, 0.29) is 22.9 Å². The summed E-state index contributed by atoms with van der Waals surface area (Å²) in [5.41, 5.74) is -0.0403. The summed E-state index contributed by atoms with van der Waals surface area (Å²) >= 11 is 0. The lowest BCUT2D eigenvalue weighted by Crippen LogP contribution is -2.42. The van der Waals surface area contributed by atoms with Crippen LogP contribution in [0, 0.1) is 11.7 Å². The molecule has 1 aromatic carbocycles. The highest BCUT2D eigenvalue weighted by Crippen LogP contribution is 2.32. The van der Waals surface area contributed by atoms with Crippen LogP contribution < -0.4 is 16.1 Å². The average Bonchev–Trinajstić information content (AvgIpc) is 3.09. The second-order valence-corrected chi connectivity index (χ2v) is 7.20. The molecule has 0 saturated carbocycles. The zero-order valence-corrected chi connectivity index (χ0v) is 16.3. The van der Waals surface area contributed by atoms with Crippen molar-refractivity contribution >= 4 is 28.8 Å². The number of ether oxygens (including phenoxy) is 1. The number of benzene rings is 1. The summed E-state index contributed by atoms with van der Waals surface area (Å²) in [6.45, 7) is 2.70. The van der Waals surface area contributed by atoms with Gasteiger partial charge in [-0.1, -0.05) is 6.92 Å². The molecule has 2 aromatic heterocycles. The molecule has 0 spiro atoms. The molecule has 0 saturated heterocycles. The molecule has 1 aliphatic heterocycles. The number of carbonyl (C=O) groups excluding carboxylic acids is 1. The molecule has 0 radical (unpaired) electrons. The van der Waals surface area contributed by atoms with Crippen LogP contribution in [-0.4, -0.2) is 38.3 Å². The Morgan fingerprint density at radius 1 is 1.24 bits per heavy atom. The summed E-state index contributed by atoms with van der Waals surface area (Å²) in [6.07, 6.45) is 0. The molecule has 152 valence electrons. The van der Waals surface area contributed by atoms with Crippen LogP contribution in [0.1, 0.15) is 6.92 Å². The minimum absolute atomic E-state index is 0.163. The largest absolute Gasteiger partial charge is 0.468 e. The predicted molar refractivity (Wildman–Crippen MR) is 104 cm³/mol. The summed E-state index contributed by atoms with van der Waals surface area (Å²) in [5, 5.41) is 0. The van der Waals surface area contributed by atoms with Gasteiger partial charge in [0.15, 0.2) is 11.2 Å². The Labute approximate surface area is 164 Å². The van der Waals surface area contributed by atoms with Gasteiger partial charge in [0.05, 0.1) is 7.11 Å². The zero-order chi connectivity index (χ0) is 20.9. The Balaban J connectivity index is 1.97. The number of fused-ring (bicyclic) bond motifs is 3. The number of aromatic nitrogens is 4. The number of carbonyl (C=O) groups is 1. The molecular formula is C19H20FN5O4. The van der Waals surface area contributed by atoms with Gasteiger partial charge in [0.2, 0.25) is 5.95 Å². The van der Waals surface area contributed by atoms with Gasteiger partial charge in [0.1, 0.15) is 12.4 Å². The third-order valence-electron chi connectivity index (χ3n) is 5.10. The van der Waals surface area contributed by atoms with Gasteiger partial charge in [-0.15, -0.1) is 0 Å². The Hall–Kier alpha value is -3.43. The van der Waals surface area contributed by atoms with E-state index < -0.39 is 23.8 Å². The first-order valence-electron chi connectivity index (χ1n) is 9.11. The van der Waals surface area contributed by atoms with E-state index >= 15 is 0 Å². The molecule has 3 aromatic rings. The summed E-state index contributed by atoms with van der Waals surface area (Å²) in [6, 6.07) is 6.01. The van der Waals surface area contributed by atoms with Crippen molar-refractivity contribution in [1.82, 2.24) is 18.7 Å². The van der Waals surface area contributed by atoms with Gasteiger partial charge in [0.25, 0.3) is 5.56 Å². The smallest absolute Gasteiger partial charge is 0.333 e. The van der Waals surface area contributed by atoms with Crippen molar-refractivity contribution in [2.75, 3.05) is 18.6 Å². The van der Waals surface area contributed by atoms with E-state index in [0.29, 0.717) is 19.0 Å². The van der Waals surface area contributed by atoms with E-state index in [1.165, 1.54) is 30.9 Å². The first-order valence-corrected chi connectivity index (χ1v) is 9.11. The molecule has 4 rings (SSSR count). The SMILES string of the molecule is COC(=O)Cn1c(=O)c2c(nc3n2C[C@@H](C)CN3c2ccc(F)cc2)n(C)c1=O. The molecule has 1 aliphatic rings. The zero-order valence-electron chi connectivity index (χ0n) is 16.3. The monoisotopic (exact) mass is 401 g/mol. The van der Waals surface area contributed by atoms with Crippen molar-refractivity contribution in [2.24, 2.45) is 13.0 Å². The van der Waals surface area contributed by atoms with E-state index in [2.05, 4.69) is 9.72 Å². The normalized spacial score (nSPS) is 16.1. The van der Waals surface area contributed by atoms with Gasteiger partial charge in [-0.2, -0.15) is 4.98 Å². The van der Waals surface area contributed by atoms with Crippen LogP contribution >= 0.6 is 0 Å². The molecule has 9 nitrogen and oxygen atoms in total. The molecule has 0 amide bonds. The maximum Gasteiger partial charge on any atom is 0.333 e. The lowest BCUT2D eigenvalue weighted by Gasteiger charge is -2.32. The molecule has 0 aliphatic carbocycles. The van der Waals surface area contributed by atoms with Gasteiger partial charge in [-0.05, 0) is 30.2 Å². The molecule has 0 bridgehead atoms. The van der Waals surface area contributed by atoms with Crippen LogP contribution in [0.5, 0.6) is 0 Å².